The molecule has 2 unspecified atom stereocenters. The van der Waals surface area contributed by atoms with Crippen LogP contribution in [0, 0.1) is 6.92 Å². The summed E-state index contributed by atoms with van der Waals surface area (Å²) < 4.78 is 16.4. The highest BCUT2D eigenvalue weighted by Crippen LogP contribution is 2.47. The van der Waals surface area contributed by atoms with Crippen LogP contribution in [0.2, 0.25) is 0 Å². The fourth-order valence-electron chi connectivity index (χ4n) is 3.39. The Labute approximate surface area is 153 Å². The molecule has 0 spiro atoms. The molecule has 5 nitrogen and oxygen atoms in total. The zero-order chi connectivity index (χ0) is 18.7. The van der Waals surface area contributed by atoms with Gasteiger partial charge in [0.15, 0.2) is 5.60 Å². The molecule has 1 aliphatic rings. The summed E-state index contributed by atoms with van der Waals surface area (Å²) >= 11 is 0. The van der Waals surface area contributed by atoms with E-state index in [2.05, 4.69) is 0 Å². The van der Waals surface area contributed by atoms with Gasteiger partial charge in [0.05, 0.1) is 20.1 Å². The number of benzene rings is 2. The van der Waals surface area contributed by atoms with E-state index < -0.39 is 17.7 Å². The lowest BCUT2D eigenvalue weighted by atomic mass is 9.84. The molecule has 0 saturated carbocycles. The number of esters is 1. The number of fused-ring (bicyclic) bond motifs is 1. The number of carbonyl (C=O) groups is 1. The molecule has 0 bridgehead atoms. The Kier molecular flexibility index (Phi) is 5.18. The summed E-state index contributed by atoms with van der Waals surface area (Å²) in [6.45, 7) is 4.49. The van der Waals surface area contributed by atoms with E-state index in [9.17, 15) is 9.90 Å². The van der Waals surface area contributed by atoms with E-state index in [0.29, 0.717) is 24.3 Å². The quantitative estimate of drug-likeness (QED) is 0.804. The normalized spacial score (nSPS) is 21.0. The molecule has 0 aliphatic carbocycles. The van der Waals surface area contributed by atoms with Gasteiger partial charge in [0.2, 0.25) is 0 Å². The van der Waals surface area contributed by atoms with Gasteiger partial charge < -0.3 is 19.3 Å². The van der Waals surface area contributed by atoms with Crippen molar-refractivity contribution in [2.75, 3.05) is 13.7 Å². The maximum atomic E-state index is 12.0. The monoisotopic (exact) mass is 356 g/mol. The average molecular weight is 356 g/mol. The maximum absolute atomic E-state index is 12.0. The molecule has 2 atom stereocenters. The number of aliphatic hydroxyl groups is 1. The molecule has 0 saturated heterocycles. The second kappa shape index (κ2) is 7.38. The van der Waals surface area contributed by atoms with Gasteiger partial charge in [0.25, 0.3) is 0 Å². The van der Waals surface area contributed by atoms with Crippen molar-refractivity contribution in [3.63, 3.8) is 0 Å². The molecule has 0 fully saturated rings. The van der Waals surface area contributed by atoms with E-state index in [1.807, 2.05) is 56.3 Å². The molecule has 3 rings (SSSR count). The van der Waals surface area contributed by atoms with Crippen molar-refractivity contribution in [3.05, 3.63) is 59.2 Å². The van der Waals surface area contributed by atoms with E-state index in [0.717, 1.165) is 16.9 Å². The SMILES string of the molecule is CCOc1ccc(CC2(CC(=O)OC)Oc3ccc(C)cc3C2O)cc1. The Hall–Kier alpha value is -2.53. The predicted molar refractivity (Wildman–Crippen MR) is 97.4 cm³/mol. The summed E-state index contributed by atoms with van der Waals surface area (Å²) in [4.78, 5) is 12.0. The molecule has 5 heteroatoms. The predicted octanol–water partition coefficient (Wildman–Crippen LogP) is 3.36. The van der Waals surface area contributed by atoms with E-state index in [4.69, 9.17) is 14.2 Å². The van der Waals surface area contributed by atoms with E-state index in [1.54, 1.807) is 0 Å². The zero-order valence-electron chi connectivity index (χ0n) is 15.3. The van der Waals surface area contributed by atoms with Crippen molar-refractivity contribution in [2.24, 2.45) is 0 Å². The maximum Gasteiger partial charge on any atom is 0.309 e. The smallest absolute Gasteiger partial charge is 0.309 e. The van der Waals surface area contributed by atoms with Gasteiger partial charge in [-0.25, -0.2) is 0 Å². The lowest BCUT2D eigenvalue weighted by Crippen LogP contribution is -2.43. The van der Waals surface area contributed by atoms with E-state index in [-0.39, 0.29) is 6.42 Å². The van der Waals surface area contributed by atoms with Crippen molar-refractivity contribution in [3.8, 4) is 11.5 Å². The highest BCUT2D eigenvalue weighted by molar-refractivity contribution is 5.71. The molecule has 138 valence electrons. The average Bonchev–Trinajstić information content (AvgIpc) is 2.89. The van der Waals surface area contributed by atoms with Gasteiger partial charge in [0, 0.05) is 12.0 Å². The summed E-state index contributed by atoms with van der Waals surface area (Å²) in [5.74, 6) is 0.975. The van der Waals surface area contributed by atoms with E-state index >= 15 is 0 Å². The first-order valence-electron chi connectivity index (χ1n) is 8.73. The fraction of sp³-hybridized carbons (Fsp3) is 0.381. The van der Waals surface area contributed by atoms with Crippen molar-refractivity contribution >= 4 is 5.97 Å². The third kappa shape index (κ3) is 3.53. The molecule has 0 radical (unpaired) electrons. The van der Waals surface area contributed by atoms with Crippen molar-refractivity contribution in [1.82, 2.24) is 0 Å². The van der Waals surface area contributed by atoms with Crippen LogP contribution in [0.25, 0.3) is 0 Å². The van der Waals surface area contributed by atoms with Crippen LogP contribution in [0.15, 0.2) is 42.5 Å². The number of hydrogen-bond donors (Lipinski definition) is 1. The van der Waals surface area contributed by atoms with Crippen LogP contribution in [-0.2, 0) is 16.0 Å². The molecule has 26 heavy (non-hydrogen) atoms. The van der Waals surface area contributed by atoms with Crippen LogP contribution < -0.4 is 9.47 Å². The van der Waals surface area contributed by atoms with Gasteiger partial charge in [-0.1, -0.05) is 23.8 Å². The number of methoxy groups -OCH3 is 1. The van der Waals surface area contributed by atoms with Gasteiger partial charge in [-0.3, -0.25) is 4.79 Å². The molecule has 2 aromatic rings. The summed E-state index contributed by atoms with van der Waals surface area (Å²) in [6, 6.07) is 13.3. The van der Waals surface area contributed by atoms with Gasteiger partial charge in [-0.2, -0.15) is 0 Å². The van der Waals surface area contributed by atoms with Crippen molar-refractivity contribution in [1.29, 1.82) is 0 Å². The van der Waals surface area contributed by atoms with Gasteiger partial charge in [-0.05, 0) is 43.7 Å². The molecule has 2 aromatic carbocycles. The molecule has 0 aromatic heterocycles. The zero-order valence-corrected chi connectivity index (χ0v) is 15.3. The minimum absolute atomic E-state index is 0.0361. The number of hydrogen-bond acceptors (Lipinski definition) is 5. The highest BCUT2D eigenvalue weighted by Gasteiger charge is 2.49. The summed E-state index contributed by atoms with van der Waals surface area (Å²) in [5, 5.41) is 11.0. The Bertz CT molecular complexity index is 783. The van der Waals surface area contributed by atoms with Gasteiger partial charge in [0.1, 0.15) is 17.6 Å². The first-order chi connectivity index (χ1) is 12.5. The lowest BCUT2D eigenvalue weighted by molar-refractivity contribution is -0.148. The van der Waals surface area contributed by atoms with Crippen molar-refractivity contribution < 1.29 is 24.1 Å². The summed E-state index contributed by atoms with van der Waals surface area (Å²) in [5.41, 5.74) is 1.60. The number of carbonyl (C=O) groups excluding carboxylic acids is 1. The largest absolute Gasteiger partial charge is 0.494 e. The summed E-state index contributed by atoms with van der Waals surface area (Å²) in [7, 11) is 1.34. The van der Waals surface area contributed by atoms with Crippen LogP contribution in [0.3, 0.4) is 0 Å². The summed E-state index contributed by atoms with van der Waals surface area (Å²) in [6.07, 6.45) is -0.572. The van der Waals surface area contributed by atoms with Crippen LogP contribution >= 0.6 is 0 Å². The lowest BCUT2D eigenvalue weighted by Gasteiger charge is -2.31. The van der Waals surface area contributed by atoms with Crippen molar-refractivity contribution in [2.45, 2.75) is 38.4 Å². The molecule has 0 amide bonds. The minimum Gasteiger partial charge on any atom is -0.494 e. The van der Waals surface area contributed by atoms with E-state index in [1.165, 1.54) is 7.11 Å². The number of ether oxygens (including phenoxy) is 3. The number of aliphatic hydroxyl groups excluding tert-OH is 1. The minimum atomic E-state index is -1.09. The third-order valence-electron chi connectivity index (χ3n) is 4.68. The Morgan fingerprint density at radius 1 is 1.23 bits per heavy atom. The molecular weight excluding hydrogens is 332 g/mol. The first kappa shape index (κ1) is 18.3. The number of aryl methyl sites for hydroxylation is 1. The molecule has 1 N–H and O–H groups in total. The highest BCUT2D eigenvalue weighted by atomic mass is 16.5. The van der Waals surface area contributed by atoms with Gasteiger partial charge >= 0.3 is 5.97 Å². The Morgan fingerprint density at radius 2 is 1.96 bits per heavy atom. The topological polar surface area (TPSA) is 65.0 Å². The molecular formula is C21H24O5. The third-order valence-corrected chi connectivity index (χ3v) is 4.68. The van der Waals surface area contributed by atoms with Crippen LogP contribution in [0.4, 0.5) is 0 Å². The van der Waals surface area contributed by atoms with Crippen LogP contribution in [0.5, 0.6) is 11.5 Å². The van der Waals surface area contributed by atoms with Crippen LogP contribution in [-0.4, -0.2) is 30.4 Å². The van der Waals surface area contributed by atoms with Gasteiger partial charge in [-0.15, -0.1) is 0 Å². The Morgan fingerprint density at radius 3 is 2.62 bits per heavy atom. The first-order valence-corrected chi connectivity index (χ1v) is 8.73. The second-order valence-corrected chi connectivity index (χ2v) is 6.62. The van der Waals surface area contributed by atoms with Crippen LogP contribution in [0.1, 0.15) is 36.1 Å². The second-order valence-electron chi connectivity index (χ2n) is 6.62. The Balaban J connectivity index is 1.92. The standard InChI is InChI=1S/C21H24O5/c1-4-25-16-8-6-15(7-9-16)12-21(13-19(22)24-3)20(23)17-11-14(2)5-10-18(17)26-21/h5-11,20,23H,4,12-13H2,1-3H3. The molecule has 1 aliphatic heterocycles. The molecule has 1 heterocycles. The fourth-order valence-corrected chi connectivity index (χ4v) is 3.39. The number of rotatable bonds is 6.